The Morgan fingerprint density at radius 1 is 1.10 bits per heavy atom. The number of carbonyl (C=O) groups excluding carboxylic acids is 4. The molecule has 0 saturated carbocycles. The van der Waals surface area contributed by atoms with Crippen LogP contribution in [0.4, 0.5) is 0 Å². The lowest BCUT2D eigenvalue weighted by Gasteiger charge is -2.37. The second kappa shape index (κ2) is 15.5. The van der Waals surface area contributed by atoms with Crippen molar-refractivity contribution in [3.8, 4) is 0 Å². The van der Waals surface area contributed by atoms with Crippen LogP contribution in [0, 0.1) is 5.92 Å². The van der Waals surface area contributed by atoms with Gasteiger partial charge in [-0.15, -0.1) is 0 Å². The second-order valence-corrected chi connectivity index (χ2v) is 11.5. The van der Waals surface area contributed by atoms with Gasteiger partial charge in [0.2, 0.25) is 23.6 Å². The van der Waals surface area contributed by atoms with Crippen LogP contribution in [0.3, 0.4) is 0 Å². The first-order valence-corrected chi connectivity index (χ1v) is 14.9. The lowest BCUT2D eigenvalue weighted by Crippen LogP contribution is -2.60. The summed E-state index contributed by atoms with van der Waals surface area (Å²) in [6.45, 7) is 5.74. The maximum Gasteiger partial charge on any atom is 0.249 e. The molecule has 3 heterocycles. The molecule has 1 spiro atoms. The minimum atomic E-state index is -1.03. The first-order chi connectivity index (χ1) is 20.1. The van der Waals surface area contributed by atoms with E-state index in [0.717, 1.165) is 5.56 Å². The van der Waals surface area contributed by atoms with Crippen molar-refractivity contribution in [2.75, 3.05) is 26.2 Å². The van der Waals surface area contributed by atoms with Crippen LogP contribution in [0.15, 0.2) is 29.5 Å². The normalized spacial score (nSPS) is 19.7. The molecule has 13 heteroatoms. The third kappa shape index (κ3) is 8.17. The highest BCUT2D eigenvalue weighted by molar-refractivity contribution is 5.98. The molecule has 1 aromatic heterocycles. The summed E-state index contributed by atoms with van der Waals surface area (Å²) in [6.07, 6.45) is 7.34. The van der Waals surface area contributed by atoms with E-state index in [4.69, 9.17) is 17.2 Å². The van der Waals surface area contributed by atoms with Gasteiger partial charge in [-0.05, 0) is 75.1 Å². The van der Waals surface area contributed by atoms with E-state index in [-0.39, 0.29) is 41.9 Å². The SMILES string of the molecule is CC(C)[C@@H](C(=O)NCc1ccncc1)N1CC[C@@]2(CCCN2C(=O)[C@H](CCCN=C(N)N)NC(=O)CCCCN)C1=O. The second-order valence-electron chi connectivity index (χ2n) is 11.5. The van der Waals surface area contributed by atoms with Gasteiger partial charge in [-0.3, -0.25) is 29.2 Å². The summed E-state index contributed by atoms with van der Waals surface area (Å²) in [6, 6.07) is 2.17. The molecule has 2 aliphatic heterocycles. The first-order valence-electron chi connectivity index (χ1n) is 14.9. The van der Waals surface area contributed by atoms with Gasteiger partial charge in [0.1, 0.15) is 17.6 Å². The quantitative estimate of drug-likeness (QED) is 0.107. The Labute approximate surface area is 248 Å². The number of aromatic nitrogens is 1. The number of pyridine rings is 1. The average molecular weight is 586 g/mol. The van der Waals surface area contributed by atoms with Crippen molar-refractivity contribution >= 4 is 29.6 Å². The largest absolute Gasteiger partial charge is 0.370 e. The van der Waals surface area contributed by atoms with Crippen LogP contribution >= 0.6 is 0 Å². The summed E-state index contributed by atoms with van der Waals surface area (Å²) in [4.78, 5) is 65.5. The van der Waals surface area contributed by atoms with E-state index in [0.29, 0.717) is 77.7 Å². The van der Waals surface area contributed by atoms with Crippen LogP contribution in [-0.2, 0) is 25.7 Å². The maximum atomic E-state index is 14.1. The van der Waals surface area contributed by atoms with Crippen LogP contribution in [0.5, 0.6) is 0 Å². The van der Waals surface area contributed by atoms with Crippen molar-refractivity contribution < 1.29 is 19.2 Å². The van der Waals surface area contributed by atoms with Crippen LogP contribution in [-0.4, -0.2) is 88.2 Å². The molecular formula is C29H47N9O4. The maximum absolute atomic E-state index is 14.1. The van der Waals surface area contributed by atoms with E-state index in [1.165, 1.54) is 0 Å². The Balaban J connectivity index is 1.75. The Hall–Kier alpha value is -3.74. The van der Waals surface area contributed by atoms with E-state index in [2.05, 4.69) is 20.6 Å². The number of aliphatic imine (C=N–C) groups is 1. The van der Waals surface area contributed by atoms with Crippen LogP contribution in [0.2, 0.25) is 0 Å². The van der Waals surface area contributed by atoms with Crippen molar-refractivity contribution in [3.63, 3.8) is 0 Å². The van der Waals surface area contributed by atoms with Gasteiger partial charge in [0.05, 0.1) is 0 Å². The topological polar surface area (TPSA) is 202 Å². The molecular weight excluding hydrogens is 538 g/mol. The fourth-order valence-corrected chi connectivity index (χ4v) is 5.97. The predicted molar refractivity (Wildman–Crippen MR) is 159 cm³/mol. The number of carbonyl (C=O) groups is 4. The van der Waals surface area contributed by atoms with Crippen molar-refractivity contribution in [3.05, 3.63) is 30.1 Å². The summed E-state index contributed by atoms with van der Waals surface area (Å²) >= 11 is 0. The fraction of sp³-hybridized carbons (Fsp3) is 0.655. The molecule has 232 valence electrons. The molecule has 0 radical (unpaired) electrons. The Morgan fingerprint density at radius 2 is 1.83 bits per heavy atom. The number of likely N-dealkylation sites (tertiary alicyclic amines) is 2. The Morgan fingerprint density at radius 3 is 2.50 bits per heavy atom. The van der Waals surface area contributed by atoms with E-state index in [1.807, 2.05) is 26.0 Å². The van der Waals surface area contributed by atoms with Gasteiger partial charge >= 0.3 is 0 Å². The molecule has 0 bridgehead atoms. The van der Waals surface area contributed by atoms with Crippen molar-refractivity contribution in [1.29, 1.82) is 0 Å². The molecule has 1 aromatic rings. The number of amides is 4. The van der Waals surface area contributed by atoms with Gasteiger partial charge < -0.3 is 37.6 Å². The molecule has 13 nitrogen and oxygen atoms in total. The fourth-order valence-electron chi connectivity index (χ4n) is 5.97. The molecule has 8 N–H and O–H groups in total. The Kier molecular flexibility index (Phi) is 12.1. The molecule has 2 fully saturated rings. The number of hydrogen-bond acceptors (Lipinski definition) is 7. The van der Waals surface area contributed by atoms with E-state index < -0.39 is 17.6 Å². The monoisotopic (exact) mass is 585 g/mol. The predicted octanol–water partition coefficient (Wildman–Crippen LogP) is -0.0167. The number of nitrogens with zero attached hydrogens (tertiary/aromatic N) is 4. The minimum Gasteiger partial charge on any atom is -0.370 e. The van der Waals surface area contributed by atoms with Crippen molar-refractivity contribution in [2.45, 2.75) is 89.4 Å². The van der Waals surface area contributed by atoms with Gasteiger partial charge in [0.15, 0.2) is 5.96 Å². The molecule has 2 saturated heterocycles. The molecule has 0 aliphatic carbocycles. The highest BCUT2D eigenvalue weighted by Crippen LogP contribution is 2.40. The van der Waals surface area contributed by atoms with Gasteiger partial charge in [-0.25, -0.2) is 0 Å². The molecule has 42 heavy (non-hydrogen) atoms. The summed E-state index contributed by atoms with van der Waals surface area (Å²) in [5, 5.41) is 5.85. The molecule has 0 unspecified atom stereocenters. The summed E-state index contributed by atoms with van der Waals surface area (Å²) in [5.74, 6) is -1.14. The molecule has 4 amide bonds. The summed E-state index contributed by atoms with van der Waals surface area (Å²) in [7, 11) is 0. The molecule has 0 aromatic carbocycles. The third-order valence-corrected chi connectivity index (χ3v) is 8.07. The van der Waals surface area contributed by atoms with E-state index in [9.17, 15) is 19.2 Å². The van der Waals surface area contributed by atoms with E-state index >= 15 is 0 Å². The zero-order chi connectivity index (χ0) is 30.7. The molecule has 3 atom stereocenters. The Bertz CT molecular complexity index is 1110. The van der Waals surface area contributed by atoms with E-state index in [1.54, 1.807) is 22.2 Å². The number of nitrogens with one attached hydrogen (secondary N) is 2. The lowest BCUT2D eigenvalue weighted by atomic mass is 9.92. The zero-order valence-corrected chi connectivity index (χ0v) is 24.9. The van der Waals surface area contributed by atoms with Gasteiger partial charge in [-0.2, -0.15) is 0 Å². The third-order valence-electron chi connectivity index (χ3n) is 8.07. The number of guanidine groups is 1. The van der Waals surface area contributed by atoms with Gasteiger partial charge in [0.25, 0.3) is 0 Å². The molecule has 2 aliphatic rings. The van der Waals surface area contributed by atoms with Crippen molar-refractivity contribution in [2.24, 2.45) is 28.1 Å². The molecule has 3 rings (SSSR count). The highest BCUT2D eigenvalue weighted by Gasteiger charge is 2.57. The van der Waals surface area contributed by atoms with Crippen LogP contribution in [0.25, 0.3) is 0 Å². The number of rotatable bonds is 15. The minimum absolute atomic E-state index is 0.0386. The van der Waals surface area contributed by atoms with Crippen LogP contribution in [0.1, 0.15) is 70.8 Å². The summed E-state index contributed by atoms with van der Waals surface area (Å²) in [5.41, 5.74) is 16.3. The number of unbranched alkanes of at least 4 members (excludes halogenated alkanes) is 1. The van der Waals surface area contributed by atoms with Crippen LogP contribution < -0.4 is 27.8 Å². The summed E-state index contributed by atoms with van der Waals surface area (Å²) < 4.78 is 0. The smallest absolute Gasteiger partial charge is 0.249 e. The standard InChI is InChI=1S/C29H47N9O4/c1-20(2)24(25(40)35-19-21-9-15-33-16-10-21)37-18-12-29(27(37)42)11-6-17-38(29)26(41)22(7-5-14-34-28(31)32)36-23(39)8-3-4-13-30/h9-10,15-16,20,22,24H,3-8,11-14,17-19,30H2,1-2H3,(H,35,40)(H,36,39)(H4,31,32,34)/t22-,24-,29-/m0/s1. The van der Waals surface area contributed by atoms with Crippen molar-refractivity contribution in [1.82, 2.24) is 25.4 Å². The number of nitrogens with two attached hydrogens (primary N) is 3. The average Bonchev–Trinajstić information content (AvgIpc) is 3.53. The first kappa shape index (κ1) is 32.8. The zero-order valence-electron chi connectivity index (χ0n) is 24.9. The van der Waals surface area contributed by atoms with Gasteiger partial charge in [-0.1, -0.05) is 13.8 Å². The lowest BCUT2D eigenvalue weighted by molar-refractivity contribution is -0.151. The van der Waals surface area contributed by atoms with Gasteiger partial charge in [0, 0.05) is 45.0 Å². The number of hydrogen-bond donors (Lipinski definition) is 5. The highest BCUT2D eigenvalue weighted by atomic mass is 16.2.